The lowest BCUT2D eigenvalue weighted by Crippen LogP contribution is -2.20. The second kappa shape index (κ2) is 6.61. The Hall–Kier alpha value is -1.93. The molecule has 0 N–H and O–H groups in total. The average molecular weight is 232 g/mol. The molecule has 0 unspecified atom stereocenters. The second-order valence-corrected chi connectivity index (χ2v) is 4.13. The van der Waals surface area contributed by atoms with E-state index in [1.807, 2.05) is 19.9 Å². The molecule has 1 rings (SSSR count). The largest absolute Gasteiger partial charge is 0.457 e. The molecule has 0 aliphatic carbocycles. The molecule has 0 aromatic heterocycles. The Balaban J connectivity index is 2.64. The summed E-state index contributed by atoms with van der Waals surface area (Å²) in [4.78, 5) is 14.6. The van der Waals surface area contributed by atoms with E-state index in [0.717, 1.165) is 6.42 Å². The number of nitrogens with zero attached hydrogens (tertiary/aromatic N) is 2. The maximum atomic E-state index is 11.6. The number of rotatable bonds is 5. The number of hydrogen-bond donors (Lipinski definition) is 0. The normalized spacial score (nSPS) is 9.82. The second-order valence-electron chi connectivity index (χ2n) is 4.13. The van der Waals surface area contributed by atoms with Crippen LogP contribution in [0.2, 0.25) is 0 Å². The van der Waals surface area contributed by atoms with Gasteiger partial charge in [0.1, 0.15) is 0 Å². The Bertz CT molecular complexity index is 420. The van der Waals surface area contributed by atoms with Crippen molar-refractivity contribution in [2.75, 3.05) is 6.61 Å². The van der Waals surface area contributed by atoms with Crippen LogP contribution in [0.5, 0.6) is 0 Å². The van der Waals surface area contributed by atoms with Crippen molar-refractivity contribution in [3.63, 3.8) is 0 Å². The Morgan fingerprint density at radius 2 is 2.00 bits per heavy atom. The Morgan fingerprint density at radius 3 is 2.53 bits per heavy atom. The third-order valence-electron chi connectivity index (χ3n) is 2.27. The van der Waals surface area contributed by atoms with E-state index in [-0.39, 0.29) is 5.71 Å². The lowest BCUT2D eigenvalue weighted by atomic mass is 10.1. The molecule has 0 bridgehead atoms. The fourth-order valence-corrected chi connectivity index (χ4v) is 1.27. The first-order valence-electron chi connectivity index (χ1n) is 5.59. The smallest absolute Gasteiger partial charge is 0.422 e. The molecule has 0 saturated heterocycles. The number of esters is 1. The van der Waals surface area contributed by atoms with E-state index in [9.17, 15) is 4.79 Å². The fraction of sp³-hybridized carbons (Fsp3) is 0.385. The maximum absolute atomic E-state index is 11.6. The van der Waals surface area contributed by atoms with Gasteiger partial charge >= 0.3 is 11.7 Å². The molecule has 1 aromatic rings. The van der Waals surface area contributed by atoms with Crippen molar-refractivity contribution in [1.29, 1.82) is 0 Å². The van der Waals surface area contributed by atoms with Gasteiger partial charge in [-0.2, -0.15) is 4.79 Å². The highest BCUT2D eigenvalue weighted by Gasteiger charge is 2.23. The molecule has 17 heavy (non-hydrogen) atoms. The van der Waals surface area contributed by atoms with Gasteiger partial charge in [-0.05, 0) is 24.5 Å². The minimum Gasteiger partial charge on any atom is -0.457 e. The summed E-state index contributed by atoms with van der Waals surface area (Å²) in [6, 6.07) is 8.74. The van der Waals surface area contributed by atoms with E-state index in [1.54, 1.807) is 24.3 Å². The minimum absolute atomic E-state index is 0.0608. The Kier molecular flexibility index (Phi) is 5.11. The number of hydrogen-bond acceptors (Lipinski definition) is 2. The van der Waals surface area contributed by atoms with Gasteiger partial charge in [0.05, 0.1) is 12.2 Å². The van der Waals surface area contributed by atoms with Crippen LogP contribution in [-0.4, -0.2) is 23.1 Å². The Morgan fingerprint density at radius 1 is 1.35 bits per heavy atom. The Labute approximate surface area is 101 Å². The van der Waals surface area contributed by atoms with Crippen molar-refractivity contribution in [2.45, 2.75) is 20.3 Å². The summed E-state index contributed by atoms with van der Waals surface area (Å²) in [7, 11) is 0. The van der Waals surface area contributed by atoms with Crippen LogP contribution in [0.4, 0.5) is 0 Å². The molecule has 0 radical (unpaired) electrons. The number of carbonyl (C=O) groups excluding carboxylic acids is 1. The van der Waals surface area contributed by atoms with E-state index in [1.165, 1.54) is 0 Å². The first-order chi connectivity index (χ1) is 8.15. The summed E-state index contributed by atoms with van der Waals surface area (Å²) >= 11 is 0. The van der Waals surface area contributed by atoms with Crippen molar-refractivity contribution in [2.24, 2.45) is 5.92 Å². The summed E-state index contributed by atoms with van der Waals surface area (Å²) in [5.41, 5.74) is 9.33. The molecule has 4 heteroatoms. The van der Waals surface area contributed by atoms with Gasteiger partial charge < -0.3 is 10.3 Å². The lowest BCUT2D eigenvalue weighted by molar-refractivity contribution is -0.140. The molecule has 0 aliphatic heterocycles. The first-order valence-corrected chi connectivity index (χ1v) is 5.59. The fourth-order valence-electron chi connectivity index (χ4n) is 1.27. The molecule has 0 amide bonds. The van der Waals surface area contributed by atoms with Crippen LogP contribution in [0.1, 0.15) is 25.8 Å². The summed E-state index contributed by atoms with van der Waals surface area (Å²) in [5, 5.41) is 0. The highest BCUT2D eigenvalue weighted by molar-refractivity contribution is 6.40. The zero-order chi connectivity index (χ0) is 12.7. The van der Waals surface area contributed by atoms with Crippen LogP contribution in [0, 0.1) is 5.92 Å². The number of carbonyl (C=O) groups is 1. The summed E-state index contributed by atoms with van der Waals surface area (Å²) in [6.45, 7) is 4.43. The maximum Gasteiger partial charge on any atom is 0.422 e. The van der Waals surface area contributed by atoms with Crippen LogP contribution in [0.15, 0.2) is 30.3 Å². The zero-order valence-corrected chi connectivity index (χ0v) is 10.1. The standard InChI is InChI=1S/C13H16N2O2/c1-10(2)8-9-17-13(16)12(15-14)11-6-4-3-5-7-11/h3-7,10H,8-9H2,1-2H3. The number of benzene rings is 1. The van der Waals surface area contributed by atoms with Crippen molar-refractivity contribution in [3.05, 3.63) is 41.4 Å². The third kappa shape index (κ3) is 4.21. The van der Waals surface area contributed by atoms with Crippen LogP contribution >= 0.6 is 0 Å². The zero-order valence-electron chi connectivity index (χ0n) is 10.1. The van der Waals surface area contributed by atoms with Crippen molar-refractivity contribution < 1.29 is 14.3 Å². The highest BCUT2D eigenvalue weighted by atomic mass is 16.5. The summed E-state index contributed by atoms with van der Waals surface area (Å²) in [5.74, 6) is -0.131. The molecule has 0 atom stereocenters. The van der Waals surface area contributed by atoms with Gasteiger partial charge in [0.25, 0.3) is 0 Å². The predicted octanol–water partition coefficient (Wildman–Crippen LogP) is 2.29. The van der Waals surface area contributed by atoms with Crippen LogP contribution in [-0.2, 0) is 9.53 Å². The predicted molar refractivity (Wildman–Crippen MR) is 64.6 cm³/mol. The van der Waals surface area contributed by atoms with Gasteiger partial charge in [0.2, 0.25) is 0 Å². The summed E-state index contributed by atoms with van der Waals surface area (Å²) < 4.78 is 5.03. The first kappa shape index (κ1) is 13.1. The molecule has 90 valence electrons. The monoisotopic (exact) mass is 232 g/mol. The van der Waals surface area contributed by atoms with Gasteiger partial charge in [0, 0.05) is 0 Å². The van der Waals surface area contributed by atoms with E-state index in [4.69, 9.17) is 10.3 Å². The average Bonchev–Trinajstić information content (AvgIpc) is 2.31. The quantitative estimate of drug-likeness (QED) is 0.338. The van der Waals surface area contributed by atoms with Gasteiger partial charge in [0.15, 0.2) is 0 Å². The van der Waals surface area contributed by atoms with Crippen molar-refractivity contribution in [1.82, 2.24) is 0 Å². The molecule has 0 spiro atoms. The van der Waals surface area contributed by atoms with Gasteiger partial charge in [-0.25, -0.2) is 4.79 Å². The highest BCUT2D eigenvalue weighted by Crippen LogP contribution is 2.03. The molecular formula is C13H16N2O2. The molecule has 1 aromatic carbocycles. The topological polar surface area (TPSA) is 62.7 Å². The van der Waals surface area contributed by atoms with Crippen LogP contribution < -0.4 is 0 Å². The van der Waals surface area contributed by atoms with Crippen LogP contribution in [0.3, 0.4) is 0 Å². The SMILES string of the molecule is CC(C)CCOC(=O)C(=[N+]=[N-])c1ccccc1. The molecule has 4 nitrogen and oxygen atoms in total. The summed E-state index contributed by atoms with van der Waals surface area (Å²) in [6.07, 6.45) is 0.791. The lowest BCUT2D eigenvalue weighted by Gasteiger charge is -2.04. The minimum atomic E-state index is -0.598. The molecule has 0 fully saturated rings. The van der Waals surface area contributed by atoms with Gasteiger partial charge in [-0.1, -0.05) is 32.0 Å². The molecule has 0 aliphatic rings. The van der Waals surface area contributed by atoms with Crippen molar-refractivity contribution >= 4 is 11.7 Å². The molecule has 0 saturated carbocycles. The molecule has 0 heterocycles. The third-order valence-corrected chi connectivity index (χ3v) is 2.27. The van der Waals surface area contributed by atoms with E-state index >= 15 is 0 Å². The number of ether oxygens (including phenoxy) is 1. The van der Waals surface area contributed by atoms with E-state index in [2.05, 4.69) is 4.79 Å². The molecular weight excluding hydrogens is 216 g/mol. The van der Waals surface area contributed by atoms with Gasteiger partial charge in [-0.15, -0.1) is 0 Å². The van der Waals surface area contributed by atoms with Crippen LogP contribution in [0.25, 0.3) is 5.53 Å². The van der Waals surface area contributed by atoms with E-state index < -0.39 is 5.97 Å². The van der Waals surface area contributed by atoms with E-state index in [0.29, 0.717) is 18.1 Å². The van der Waals surface area contributed by atoms with Gasteiger partial charge in [-0.3, -0.25) is 0 Å². The van der Waals surface area contributed by atoms with Crippen molar-refractivity contribution in [3.8, 4) is 0 Å².